The van der Waals surface area contributed by atoms with E-state index in [4.69, 9.17) is 21.1 Å². The Morgan fingerprint density at radius 3 is 2.28 bits per heavy atom. The molecule has 1 fully saturated rings. The molecule has 1 aliphatic heterocycles. The first-order chi connectivity index (χ1) is 14.0. The number of benzene rings is 2. The Kier molecular flexibility index (Phi) is 6.95. The molecule has 8 heteroatoms. The summed E-state index contributed by atoms with van der Waals surface area (Å²) in [6.07, 6.45) is 0. The summed E-state index contributed by atoms with van der Waals surface area (Å²) in [5, 5.41) is 2.95. The van der Waals surface area contributed by atoms with E-state index in [1.807, 2.05) is 18.2 Å². The highest BCUT2D eigenvalue weighted by Crippen LogP contribution is 2.35. The van der Waals surface area contributed by atoms with E-state index in [-0.39, 0.29) is 0 Å². The lowest BCUT2D eigenvalue weighted by atomic mass is 10.2. The van der Waals surface area contributed by atoms with E-state index in [2.05, 4.69) is 22.3 Å². The summed E-state index contributed by atoms with van der Waals surface area (Å²) in [6, 6.07) is 13.2. The Balaban J connectivity index is 1.58. The van der Waals surface area contributed by atoms with Crippen molar-refractivity contribution < 1.29 is 19.1 Å². The van der Waals surface area contributed by atoms with Crippen LogP contribution in [0.15, 0.2) is 42.5 Å². The van der Waals surface area contributed by atoms with Crippen LogP contribution in [0.3, 0.4) is 0 Å². The van der Waals surface area contributed by atoms with E-state index in [0.717, 1.165) is 6.54 Å². The van der Waals surface area contributed by atoms with Gasteiger partial charge in [-0.05, 0) is 5.56 Å². The van der Waals surface area contributed by atoms with Crippen molar-refractivity contribution in [3.63, 3.8) is 0 Å². The second kappa shape index (κ2) is 9.62. The minimum atomic E-state index is -0.718. The summed E-state index contributed by atoms with van der Waals surface area (Å²) in [4.78, 5) is 28.9. The van der Waals surface area contributed by atoms with Gasteiger partial charge in [0, 0.05) is 44.9 Å². The van der Waals surface area contributed by atoms with Gasteiger partial charge in [-0.1, -0.05) is 41.9 Å². The van der Waals surface area contributed by atoms with Crippen LogP contribution in [0.25, 0.3) is 0 Å². The third kappa shape index (κ3) is 5.19. The zero-order valence-corrected chi connectivity index (χ0v) is 17.2. The smallest absolute Gasteiger partial charge is 0.314 e. The number of carbonyl (C=O) groups excluding carboxylic acids is 2. The number of methoxy groups -OCH3 is 2. The number of hydrogen-bond donors (Lipinski definition) is 1. The van der Waals surface area contributed by atoms with Crippen molar-refractivity contribution in [1.29, 1.82) is 0 Å². The van der Waals surface area contributed by atoms with Crippen LogP contribution < -0.4 is 14.8 Å². The summed E-state index contributed by atoms with van der Waals surface area (Å²) < 4.78 is 10.4. The average molecular weight is 418 g/mol. The number of rotatable bonds is 5. The molecule has 0 bridgehead atoms. The number of carbonyl (C=O) groups is 2. The molecule has 0 aromatic heterocycles. The van der Waals surface area contributed by atoms with E-state index in [0.29, 0.717) is 48.4 Å². The first kappa shape index (κ1) is 21.0. The van der Waals surface area contributed by atoms with Crippen molar-refractivity contribution in [3.8, 4) is 11.5 Å². The number of nitrogens with zero attached hydrogens (tertiary/aromatic N) is 2. The van der Waals surface area contributed by atoms with Crippen molar-refractivity contribution >= 4 is 29.1 Å². The van der Waals surface area contributed by atoms with E-state index in [1.54, 1.807) is 4.90 Å². The molecule has 0 aliphatic carbocycles. The number of anilines is 1. The number of amides is 2. The zero-order chi connectivity index (χ0) is 20.8. The fraction of sp³-hybridized carbons (Fsp3) is 0.333. The van der Waals surface area contributed by atoms with E-state index < -0.39 is 11.8 Å². The third-order valence-electron chi connectivity index (χ3n) is 4.82. The molecule has 0 radical (unpaired) electrons. The van der Waals surface area contributed by atoms with Crippen molar-refractivity contribution in [1.82, 2.24) is 9.80 Å². The van der Waals surface area contributed by atoms with E-state index in [9.17, 15) is 9.59 Å². The van der Waals surface area contributed by atoms with Gasteiger partial charge < -0.3 is 19.7 Å². The molecule has 2 amide bonds. The van der Waals surface area contributed by atoms with Gasteiger partial charge >= 0.3 is 11.8 Å². The number of halogens is 1. The predicted molar refractivity (Wildman–Crippen MR) is 111 cm³/mol. The Labute approximate surface area is 175 Å². The number of nitrogens with one attached hydrogen (secondary N) is 1. The SMILES string of the molecule is COc1cc(NC(=O)C(=O)N2CCN(Cc3ccccc3)CC2)c(OC)cc1Cl. The molecule has 0 spiro atoms. The second-order valence-electron chi connectivity index (χ2n) is 6.70. The van der Waals surface area contributed by atoms with Crippen LogP contribution in [0, 0.1) is 0 Å². The molecule has 7 nitrogen and oxygen atoms in total. The minimum absolute atomic E-state index is 0.329. The molecule has 0 atom stereocenters. The van der Waals surface area contributed by atoms with Crippen LogP contribution in [0.1, 0.15) is 5.56 Å². The molecule has 2 aromatic carbocycles. The molecule has 0 saturated carbocycles. The molecule has 1 N–H and O–H groups in total. The molecular weight excluding hydrogens is 394 g/mol. The number of piperazine rings is 1. The Hall–Kier alpha value is -2.77. The van der Waals surface area contributed by atoms with Crippen LogP contribution in [0.4, 0.5) is 5.69 Å². The first-order valence-corrected chi connectivity index (χ1v) is 9.67. The van der Waals surface area contributed by atoms with Gasteiger partial charge in [0.1, 0.15) is 11.5 Å². The number of ether oxygens (including phenoxy) is 2. The van der Waals surface area contributed by atoms with Crippen LogP contribution in [0.5, 0.6) is 11.5 Å². The van der Waals surface area contributed by atoms with Crippen molar-refractivity contribution in [2.75, 3.05) is 45.7 Å². The molecular formula is C21H24ClN3O4. The van der Waals surface area contributed by atoms with Gasteiger partial charge in [-0.2, -0.15) is 0 Å². The monoisotopic (exact) mass is 417 g/mol. The van der Waals surface area contributed by atoms with Crippen LogP contribution >= 0.6 is 11.6 Å². The van der Waals surface area contributed by atoms with Crippen molar-refractivity contribution in [2.24, 2.45) is 0 Å². The van der Waals surface area contributed by atoms with Gasteiger partial charge in [-0.3, -0.25) is 14.5 Å². The molecule has 1 saturated heterocycles. The molecule has 3 rings (SSSR count). The normalized spacial score (nSPS) is 14.4. The largest absolute Gasteiger partial charge is 0.495 e. The maximum atomic E-state index is 12.6. The quantitative estimate of drug-likeness (QED) is 0.757. The molecule has 154 valence electrons. The maximum Gasteiger partial charge on any atom is 0.314 e. The lowest BCUT2D eigenvalue weighted by molar-refractivity contribution is -0.144. The fourth-order valence-corrected chi connectivity index (χ4v) is 3.46. The first-order valence-electron chi connectivity index (χ1n) is 9.30. The molecule has 2 aromatic rings. The van der Waals surface area contributed by atoms with Crippen LogP contribution in [-0.2, 0) is 16.1 Å². The standard InChI is InChI=1S/C21H24ClN3O4/c1-28-18-13-17(19(29-2)12-16(18)22)23-20(26)21(27)25-10-8-24(9-11-25)14-15-6-4-3-5-7-15/h3-7,12-13H,8-11,14H2,1-2H3,(H,23,26). The van der Waals surface area contributed by atoms with E-state index >= 15 is 0 Å². The fourth-order valence-electron chi connectivity index (χ4n) is 3.23. The third-order valence-corrected chi connectivity index (χ3v) is 5.12. The molecule has 1 heterocycles. The Morgan fingerprint density at radius 1 is 1.00 bits per heavy atom. The zero-order valence-electron chi connectivity index (χ0n) is 16.5. The van der Waals surface area contributed by atoms with Gasteiger partial charge in [0.25, 0.3) is 0 Å². The molecule has 1 aliphatic rings. The van der Waals surface area contributed by atoms with E-state index in [1.165, 1.54) is 31.9 Å². The number of hydrogen-bond acceptors (Lipinski definition) is 5. The van der Waals surface area contributed by atoms with Crippen molar-refractivity contribution in [2.45, 2.75) is 6.54 Å². The predicted octanol–water partition coefficient (Wildman–Crippen LogP) is 2.64. The summed E-state index contributed by atoms with van der Waals surface area (Å²) in [5.74, 6) is -0.557. The minimum Gasteiger partial charge on any atom is -0.495 e. The van der Waals surface area contributed by atoms with Crippen LogP contribution in [-0.4, -0.2) is 62.0 Å². The summed E-state index contributed by atoms with van der Waals surface area (Å²) in [6.45, 7) is 3.26. The van der Waals surface area contributed by atoms with Gasteiger partial charge in [0.15, 0.2) is 0 Å². The molecule has 0 unspecified atom stereocenters. The summed E-state index contributed by atoms with van der Waals surface area (Å²) >= 11 is 6.08. The lowest BCUT2D eigenvalue weighted by Crippen LogP contribution is -2.51. The van der Waals surface area contributed by atoms with Gasteiger partial charge in [0.2, 0.25) is 0 Å². The van der Waals surface area contributed by atoms with Gasteiger partial charge in [0.05, 0.1) is 24.9 Å². The van der Waals surface area contributed by atoms with Gasteiger partial charge in [-0.15, -0.1) is 0 Å². The highest BCUT2D eigenvalue weighted by molar-refractivity contribution is 6.40. The highest BCUT2D eigenvalue weighted by Gasteiger charge is 2.27. The Bertz CT molecular complexity index is 868. The average Bonchev–Trinajstić information content (AvgIpc) is 2.75. The summed E-state index contributed by atoms with van der Waals surface area (Å²) in [5.41, 5.74) is 1.56. The second-order valence-corrected chi connectivity index (χ2v) is 7.10. The highest BCUT2D eigenvalue weighted by atomic mass is 35.5. The topological polar surface area (TPSA) is 71.1 Å². The maximum absolute atomic E-state index is 12.6. The summed E-state index contributed by atoms with van der Waals surface area (Å²) in [7, 11) is 2.93. The molecule has 29 heavy (non-hydrogen) atoms. The Morgan fingerprint density at radius 2 is 1.66 bits per heavy atom. The van der Waals surface area contributed by atoms with Crippen molar-refractivity contribution in [3.05, 3.63) is 53.1 Å². The van der Waals surface area contributed by atoms with Crippen LogP contribution in [0.2, 0.25) is 5.02 Å². The van der Waals surface area contributed by atoms with Gasteiger partial charge in [-0.25, -0.2) is 0 Å². The lowest BCUT2D eigenvalue weighted by Gasteiger charge is -2.34.